The van der Waals surface area contributed by atoms with Gasteiger partial charge in [0.05, 0.1) is 11.9 Å². The average Bonchev–Trinajstić information content (AvgIpc) is 3.19. The number of nitrogens with zero attached hydrogens (tertiary/aromatic N) is 2. The van der Waals surface area contributed by atoms with E-state index in [1.165, 1.54) is 24.5 Å². The van der Waals surface area contributed by atoms with Crippen LogP contribution in [0.1, 0.15) is 30.9 Å². The highest BCUT2D eigenvalue weighted by atomic mass is 35.5. The lowest BCUT2D eigenvalue weighted by Crippen LogP contribution is -2.47. The third kappa shape index (κ3) is 5.74. The number of halogens is 1. The Bertz CT molecular complexity index is 991. The molecule has 1 fully saturated rings. The van der Waals surface area contributed by atoms with Crippen LogP contribution in [0.5, 0.6) is 0 Å². The molecule has 0 saturated carbocycles. The number of sulfonamides is 1. The number of amides is 1. The maximum absolute atomic E-state index is 12.9. The van der Waals surface area contributed by atoms with E-state index in [2.05, 4.69) is 16.3 Å². The van der Waals surface area contributed by atoms with Crippen LogP contribution < -0.4 is 9.62 Å². The van der Waals surface area contributed by atoms with Crippen LogP contribution in [0.2, 0.25) is 5.02 Å². The van der Waals surface area contributed by atoms with E-state index in [1.54, 1.807) is 25.1 Å². The van der Waals surface area contributed by atoms with Crippen molar-refractivity contribution in [1.82, 2.24) is 10.2 Å². The first kappa shape index (κ1) is 22.6. The monoisotopic (exact) mass is 449 g/mol. The second-order valence-electron chi connectivity index (χ2n) is 7.68. The van der Waals surface area contributed by atoms with E-state index < -0.39 is 16.1 Å². The summed E-state index contributed by atoms with van der Waals surface area (Å²) in [6.07, 6.45) is 3.53. The molecular weight excluding hydrogens is 422 g/mol. The van der Waals surface area contributed by atoms with Crippen LogP contribution in [0.3, 0.4) is 0 Å². The normalized spacial score (nSPS) is 15.7. The maximum Gasteiger partial charge on any atom is 0.243 e. The molecule has 0 bridgehead atoms. The minimum atomic E-state index is -3.68. The molecule has 0 radical (unpaired) electrons. The van der Waals surface area contributed by atoms with Crippen LogP contribution in [0.15, 0.2) is 48.5 Å². The Balaban J connectivity index is 1.72. The zero-order valence-corrected chi connectivity index (χ0v) is 18.9. The summed E-state index contributed by atoms with van der Waals surface area (Å²) >= 11 is 6.03. The highest BCUT2D eigenvalue weighted by Crippen LogP contribution is 2.24. The first-order valence-corrected chi connectivity index (χ1v) is 12.3. The standard InChI is InChI=1S/C22H28ClN3O3S/c1-17(26(30(2,28)29)21-11-7-10-20(23)14-21)22(27)24-15-18-8-3-4-9-19(18)16-25-12-5-6-13-25/h3-4,7-11,14,17H,5-6,12-13,15-16H2,1-2H3,(H,24,27)/t17-/m0/s1. The largest absolute Gasteiger partial charge is 0.350 e. The van der Waals surface area contributed by atoms with Gasteiger partial charge in [0, 0.05) is 18.1 Å². The summed E-state index contributed by atoms with van der Waals surface area (Å²) in [6.45, 7) is 4.98. The minimum Gasteiger partial charge on any atom is -0.350 e. The molecule has 6 nitrogen and oxygen atoms in total. The molecule has 1 heterocycles. The summed E-state index contributed by atoms with van der Waals surface area (Å²) in [6, 6.07) is 13.6. The Labute approximate surface area is 183 Å². The fourth-order valence-corrected chi connectivity index (χ4v) is 5.17. The molecule has 1 atom stereocenters. The van der Waals surface area contributed by atoms with Crippen molar-refractivity contribution >= 4 is 33.2 Å². The van der Waals surface area contributed by atoms with Gasteiger partial charge in [-0.15, -0.1) is 0 Å². The molecule has 8 heteroatoms. The molecule has 0 aliphatic carbocycles. The smallest absolute Gasteiger partial charge is 0.243 e. The molecule has 1 amide bonds. The fourth-order valence-electron chi connectivity index (χ4n) is 3.82. The van der Waals surface area contributed by atoms with Gasteiger partial charge in [0.15, 0.2) is 0 Å². The Morgan fingerprint density at radius 1 is 1.13 bits per heavy atom. The first-order chi connectivity index (χ1) is 14.3. The Kier molecular flexibility index (Phi) is 7.39. The first-order valence-electron chi connectivity index (χ1n) is 10.1. The minimum absolute atomic E-state index is 0.348. The zero-order chi connectivity index (χ0) is 21.7. The van der Waals surface area contributed by atoms with E-state index in [1.807, 2.05) is 18.2 Å². The van der Waals surface area contributed by atoms with E-state index in [9.17, 15) is 13.2 Å². The second-order valence-corrected chi connectivity index (χ2v) is 9.98. The van der Waals surface area contributed by atoms with Crippen molar-refractivity contribution < 1.29 is 13.2 Å². The summed E-state index contributed by atoms with van der Waals surface area (Å²) in [7, 11) is -3.68. The van der Waals surface area contributed by atoms with Crippen LogP contribution in [-0.4, -0.2) is 44.6 Å². The van der Waals surface area contributed by atoms with E-state index in [0.717, 1.165) is 35.8 Å². The lowest BCUT2D eigenvalue weighted by molar-refractivity contribution is -0.122. The van der Waals surface area contributed by atoms with E-state index in [0.29, 0.717) is 17.3 Å². The molecule has 1 saturated heterocycles. The van der Waals surface area contributed by atoms with Gasteiger partial charge < -0.3 is 5.32 Å². The molecule has 0 aromatic heterocycles. The third-order valence-electron chi connectivity index (χ3n) is 5.32. The molecule has 1 aliphatic rings. The van der Waals surface area contributed by atoms with Gasteiger partial charge in [-0.05, 0) is 62.2 Å². The number of anilines is 1. The summed E-state index contributed by atoms with van der Waals surface area (Å²) in [5.41, 5.74) is 2.59. The van der Waals surface area contributed by atoms with Crippen molar-refractivity contribution in [2.45, 2.75) is 38.9 Å². The van der Waals surface area contributed by atoms with Crippen LogP contribution in [-0.2, 0) is 27.9 Å². The van der Waals surface area contributed by atoms with Gasteiger partial charge in [-0.2, -0.15) is 0 Å². The highest BCUT2D eigenvalue weighted by molar-refractivity contribution is 7.92. The number of carbonyl (C=O) groups excluding carboxylic acids is 1. The average molecular weight is 450 g/mol. The van der Waals surface area contributed by atoms with Gasteiger partial charge in [0.25, 0.3) is 0 Å². The maximum atomic E-state index is 12.9. The molecule has 2 aromatic carbocycles. The van der Waals surface area contributed by atoms with Gasteiger partial charge in [-0.3, -0.25) is 14.0 Å². The van der Waals surface area contributed by atoms with Crippen LogP contribution in [0.25, 0.3) is 0 Å². The van der Waals surface area contributed by atoms with Crippen molar-refractivity contribution in [1.29, 1.82) is 0 Å². The third-order valence-corrected chi connectivity index (χ3v) is 6.79. The van der Waals surface area contributed by atoms with E-state index >= 15 is 0 Å². The Hall–Kier alpha value is -2.09. The topological polar surface area (TPSA) is 69.7 Å². The summed E-state index contributed by atoms with van der Waals surface area (Å²) in [5.74, 6) is -0.364. The number of nitrogens with one attached hydrogen (secondary N) is 1. The molecular formula is C22H28ClN3O3S. The van der Waals surface area contributed by atoms with Gasteiger partial charge >= 0.3 is 0 Å². The van der Waals surface area contributed by atoms with E-state index in [4.69, 9.17) is 11.6 Å². The van der Waals surface area contributed by atoms with Crippen molar-refractivity contribution in [2.24, 2.45) is 0 Å². The van der Waals surface area contributed by atoms with Crippen LogP contribution in [0.4, 0.5) is 5.69 Å². The summed E-state index contributed by atoms with van der Waals surface area (Å²) in [5, 5.41) is 3.31. The number of hydrogen-bond donors (Lipinski definition) is 1. The van der Waals surface area contributed by atoms with Crippen molar-refractivity contribution in [3.63, 3.8) is 0 Å². The van der Waals surface area contributed by atoms with Crippen LogP contribution in [0, 0.1) is 0 Å². The fraction of sp³-hybridized carbons (Fsp3) is 0.409. The molecule has 1 N–H and O–H groups in total. The number of likely N-dealkylation sites (tertiary alicyclic amines) is 1. The van der Waals surface area contributed by atoms with Gasteiger partial charge in [-0.25, -0.2) is 8.42 Å². The molecule has 1 aliphatic heterocycles. The van der Waals surface area contributed by atoms with Gasteiger partial charge in [0.2, 0.25) is 15.9 Å². The lowest BCUT2D eigenvalue weighted by atomic mass is 10.1. The second kappa shape index (κ2) is 9.81. The molecule has 0 spiro atoms. The quantitative estimate of drug-likeness (QED) is 0.670. The molecule has 30 heavy (non-hydrogen) atoms. The highest BCUT2D eigenvalue weighted by Gasteiger charge is 2.29. The number of rotatable bonds is 8. The molecule has 0 unspecified atom stereocenters. The lowest BCUT2D eigenvalue weighted by Gasteiger charge is -2.28. The van der Waals surface area contributed by atoms with Crippen molar-refractivity contribution in [3.8, 4) is 0 Å². The Morgan fingerprint density at radius 2 is 1.80 bits per heavy atom. The van der Waals surface area contributed by atoms with Crippen molar-refractivity contribution in [2.75, 3.05) is 23.7 Å². The van der Waals surface area contributed by atoms with E-state index in [-0.39, 0.29) is 5.91 Å². The number of hydrogen-bond acceptors (Lipinski definition) is 4. The molecule has 162 valence electrons. The Morgan fingerprint density at radius 3 is 2.43 bits per heavy atom. The molecule has 3 rings (SSSR count). The summed E-state index contributed by atoms with van der Waals surface area (Å²) < 4.78 is 25.9. The van der Waals surface area contributed by atoms with Crippen molar-refractivity contribution in [3.05, 3.63) is 64.7 Å². The molecule has 2 aromatic rings. The van der Waals surface area contributed by atoms with Crippen LogP contribution >= 0.6 is 11.6 Å². The van der Waals surface area contributed by atoms with Gasteiger partial charge in [0.1, 0.15) is 6.04 Å². The number of carbonyl (C=O) groups is 1. The predicted octanol–water partition coefficient (Wildman–Crippen LogP) is 3.41. The predicted molar refractivity (Wildman–Crippen MR) is 121 cm³/mol. The SMILES string of the molecule is C[C@@H](C(=O)NCc1ccccc1CN1CCCC1)N(c1cccc(Cl)c1)S(C)(=O)=O. The summed E-state index contributed by atoms with van der Waals surface area (Å²) in [4.78, 5) is 15.3. The van der Waals surface area contributed by atoms with Gasteiger partial charge in [-0.1, -0.05) is 41.9 Å². The number of benzene rings is 2. The zero-order valence-electron chi connectivity index (χ0n) is 17.3.